The van der Waals surface area contributed by atoms with E-state index < -0.39 is 0 Å². The zero-order valence-corrected chi connectivity index (χ0v) is 12.3. The summed E-state index contributed by atoms with van der Waals surface area (Å²) in [6.45, 7) is 12.6. The summed E-state index contributed by atoms with van der Waals surface area (Å²) < 4.78 is 0. The Kier molecular flexibility index (Phi) is 5.35. The van der Waals surface area contributed by atoms with Crippen molar-refractivity contribution in [2.45, 2.75) is 54.4 Å². The first-order valence-corrected chi connectivity index (χ1v) is 7.35. The van der Waals surface area contributed by atoms with Crippen molar-refractivity contribution in [2.75, 3.05) is 0 Å². The van der Waals surface area contributed by atoms with E-state index in [1.54, 1.807) is 0 Å². The first-order valence-electron chi connectivity index (χ1n) is 7.35. The second-order valence-electron chi connectivity index (χ2n) is 4.98. The van der Waals surface area contributed by atoms with Gasteiger partial charge in [0, 0.05) is 23.8 Å². The number of hydrogen-bond donors (Lipinski definition) is 0. The van der Waals surface area contributed by atoms with Gasteiger partial charge in [0.05, 0.1) is 0 Å². The van der Waals surface area contributed by atoms with Crippen LogP contribution in [0.4, 0.5) is 0 Å². The smallest absolute Gasteiger partial charge is 0.0415 e. The summed E-state index contributed by atoms with van der Waals surface area (Å²) in [7, 11) is 0. The van der Waals surface area contributed by atoms with Crippen LogP contribution < -0.4 is 0 Å². The van der Waals surface area contributed by atoms with E-state index in [1.165, 1.54) is 18.6 Å². The topological polar surface area (TPSA) is 24.7 Å². The fraction of sp³-hybridized carbons (Fsp3) is 0.867. The van der Waals surface area contributed by atoms with Crippen molar-refractivity contribution >= 4 is 11.9 Å². The van der Waals surface area contributed by atoms with Crippen LogP contribution in [0.2, 0.25) is 0 Å². The highest BCUT2D eigenvalue weighted by molar-refractivity contribution is 5.90. The molecule has 0 N–H and O–H groups in total. The van der Waals surface area contributed by atoms with Crippen molar-refractivity contribution in [1.29, 1.82) is 0 Å². The predicted molar refractivity (Wildman–Crippen MR) is 76.7 cm³/mol. The molecule has 1 aliphatic heterocycles. The van der Waals surface area contributed by atoms with Crippen LogP contribution >= 0.6 is 0 Å². The number of nitrogens with zero attached hydrogens (tertiary/aromatic N) is 2. The molecule has 0 amide bonds. The number of fused-ring (bicyclic) bond motifs is 5. The molecule has 3 aliphatic rings. The van der Waals surface area contributed by atoms with Crippen LogP contribution in [0.15, 0.2) is 10.2 Å². The Morgan fingerprint density at radius 2 is 1.76 bits per heavy atom. The highest BCUT2D eigenvalue weighted by Crippen LogP contribution is 2.55. The summed E-state index contributed by atoms with van der Waals surface area (Å²) in [5, 5.41) is 8.32. The molecule has 2 nitrogen and oxygen atoms in total. The Hall–Kier alpha value is -0.660. The second-order valence-corrected chi connectivity index (χ2v) is 4.98. The molecular weight excluding hydrogens is 208 g/mol. The molecule has 1 heterocycles. The molecule has 5 unspecified atom stereocenters. The van der Waals surface area contributed by atoms with Crippen molar-refractivity contribution in [3.8, 4) is 0 Å². The van der Waals surface area contributed by atoms with Gasteiger partial charge in [-0.05, 0) is 37.5 Å². The summed E-state index contributed by atoms with van der Waals surface area (Å²) in [5.41, 5.74) is 1.28. The lowest BCUT2D eigenvalue weighted by molar-refractivity contribution is 0.274. The Balaban J connectivity index is 0.000000330. The van der Waals surface area contributed by atoms with Gasteiger partial charge in [-0.2, -0.15) is 10.2 Å². The molecule has 98 valence electrons. The molecule has 5 atom stereocenters. The highest BCUT2D eigenvalue weighted by atomic mass is 15.2. The third-order valence-corrected chi connectivity index (χ3v) is 4.33. The van der Waals surface area contributed by atoms with E-state index >= 15 is 0 Å². The first-order chi connectivity index (χ1) is 8.27. The van der Waals surface area contributed by atoms with Crippen molar-refractivity contribution in [1.82, 2.24) is 0 Å². The average Bonchev–Trinajstić information content (AvgIpc) is 2.92. The molecule has 2 fully saturated rings. The molecule has 2 heteroatoms. The number of hydrogen-bond acceptors (Lipinski definition) is 2. The average molecular weight is 236 g/mol. The Labute approximate surface area is 107 Å². The lowest BCUT2D eigenvalue weighted by atomic mass is 9.73. The third-order valence-electron chi connectivity index (χ3n) is 4.33. The lowest BCUT2D eigenvalue weighted by Gasteiger charge is -2.33. The standard InChI is InChI=1S/C11H16N2.2C2H6/c1-6-3-8-4-9(6)10-5-12-13-7(2)11(8)10;2*1-2/h5-6,8-11H,3-4H2,1-2H3;2*1-2H3. The predicted octanol–water partition coefficient (Wildman–Crippen LogP) is 4.41. The van der Waals surface area contributed by atoms with E-state index in [4.69, 9.17) is 0 Å². The monoisotopic (exact) mass is 236 g/mol. The van der Waals surface area contributed by atoms with Gasteiger partial charge in [-0.25, -0.2) is 0 Å². The van der Waals surface area contributed by atoms with Crippen LogP contribution in [0.3, 0.4) is 0 Å². The molecular formula is C15H28N2. The molecule has 0 aromatic rings. The maximum atomic E-state index is 4.20. The van der Waals surface area contributed by atoms with Gasteiger partial charge >= 0.3 is 0 Å². The van der Waals surface area contributed by atoms with Crippen molar-refractivity contribution in [2.24, 2.45) is 39.8 Å². The normalized spacial score (nSPS) is 40.6. The van der Waals surface area contributed by atoms with Crippen LogP contribution in [-0.2, 0) is 0 Å². The van der Waals surface area contributed by atoms with Gasteiger partial charge in [0.1, 0.15) is 0 Å². The zero-order valence-electron chi connectivity index (χ0n) is 12.3. The van der Waals surface area contributed by atoms with Crippen molar-refractivity contribution in [3.05, 3.63) is 0 Å². The molecule has 2 saturated carbocycles. The molecule has 0 saturated heterocycles. The zero-order chi connectivity index (χ0) is 13.0. The maximum Gasteiger partial charge on any atom is 0.0415 e. The molecule has 0 aromatic carbocycles. The lowest BCUT2D eigenvalue weighted by Crippen LogP contribution is -2.34. The molecule has 0 radical (unpaired) electrons. The van der Waals surface area contributed by atoms with Crippen molar-refractivity contribution in [3.63, 3.8) is 0 Å². The SMILES string of the molecule is CC.CC.CC1=NN=CC2C3CC(CC3C)C12. The Bertz CT molecular complexity index is 293. The van der Waals surface area contributed by atoms with E-state index in [0.717, 1.165) is 29.6 Å². The minimum absolute atomic E-state index is 0.728. The van der Waals surface area contributed by atoms with Crippen LogP contribution in [0.25, 0.3) is 0 Å². The quantitative estimate of drug-likeness (QED) is 0.595. The van der Waals surface area contributed by atoms with E-state index in [0.29, 0.717) is 0 Å². The minimum Gasteiger partial charge on any atom is -0.163 e. The molecule has 3 rings (SSSR count). The van der Waals surface area contributed by atoms with Crippen LogP contribution in [0.5, 0.6) is 0 Å². The third kappa shape index (κ3) is 2.46. The summed E-state index contributed by atoms with van der Waals surface area (Å²) >= 11 is 0. The van der Waals surface area contributed by atoms with Gasteiger partial charge < -0.3 is 0 Å². The Morgan fingerprint density at radius 3 is 2.41 bits per heavy atom. The van der Waals surface area contributed by atoms with Gasteiger partial charge in [0.25, 0.3) is 0 Å². The minimum atomic E-state index is 0.728. The molecule has 0 aromatic heterocycles. The highest BCUT2D eigenvalue weighted by Gasteiger charge is 2.52. The van der Waals surface area contributed by atoms with E-state index in [1.807, 2.05) is 27.7 Å². The fourth-order valence-corrected chi connectivity index (χ4v) is 3.83. The van der Waals surface area contributed by atoms with Gasteiger partial charge in [-0.3, -0.25) is 0 Å². The Morgan fingerprint density at radius 1 is 1.12 bits per heavy atom. The fourth-order valence-electron chi connectivity index (χ4n) is 3.83. The summed E-state index contributed by atoms with van der Waals surface area (Å²) in [6.07, 6.45) is 4.96. The van der Waals surface area contributed by atoms with E-state index in [2.05, 4.69) is 30.3 Å². The van der Waals surface area contributed by atoms with Gasteiger partial charge in [0.15, 0.2) is 0 Å². The van der Waals surface area contributed by atoms with Crippen molar-refractivity contribution < 1.29 is 0 Å². The molecule has 0 spiro atoms. The van der Waals surface area contributed by atoms with Gasteiger partial charge in [-0.1, -0.05) is 34.6 Å². The van der Waals surface area contributed by atoms with E-state index in [-0.39, 0.29) is 0 Å². The van der Waals surface area contributed by atoms with E-state index in [9.17, 15) is 0 Å². The van der Waals surface area contributed by atoms with Crippen LogP contribution in [0.1, 0.15) is 54.4 Å². The van der Waals surface area contributed by atoms with Gasteiger partial charge in [-0.15, -0.1) is 0 Å². The van der Waals surface area contributed by atoms with Crippen LogP contribution in [-0.4, -0.2) is 11.9 Å². The summed E-state index contributed by atoms with van der Waals surface area (Å²) in [5.74, 6) is 4.22. The number of rotatable bonds is 0. The second kappa shape index (κ2) is 6.32. The molecule has 17 heavy (non-hydrogen) atoms. The maximum absolute atomic E-state index is 4.20. The summed E-state index contributed by atoms with van der Waals surface area (Å²) in [4.78, 5) is 0. The first kappa shape index (κ1) is 14.4. The molecule has 2 bridgehead atoms. The van der Waals surface area contributed by atoms with Crippen LogP contribution in [0, 0.1) is 29.6 Å². The largest absolute Gasteiger partial charge is 0.163 e. The van der Waals surface area contributed by atoms with Gasteiger partial charge in [0.2, 0.25) is 0 Å². The molecule has 2 aliphatic carbocycles. The summed E-state index contributed by atoms with van der Waals surface area (Å²) in [6, 6.07) is 0.